The largest absolute Gasteiger partial charge is 0.456 e. The molecule has 1 atom stereocenters. The van der Waals surface area contributed by atoms with Crippen LogP contribution in [-0.4, -0.2) is 0 Å². The Morgan fingerprint density at radius 2 is 0.562 bits per heavy atom. The molecule has 0 radical (unpaired) electrons. The Morgan fingerprint density at radius 3 is 1.12 bits per heavy atom. The van der Waals surface area contributed by atoms with E-state index in [1.807, 2.05) is 11.3 Å². The third-order valence-corrected chi connectivity index (χ3v) is 27.9. The molecule has 610 valence electrons. The minimum atomic E-state index is -0.581. The first-order valence-electron chi connectivity index (χ1n) is 44.7. The average Bonchev–Trinajstić information content (AvgIpc) is 1.53. The summed E-state index contributed by atoms with van der Waals surface area (Å²) >= 11 is 1.89. The van der Waals surface area contributed by atoms with Crippen LogP contribution in [0.3, 0.4) is 0 Å². The lowest BCUT2D eigenvalue weighted by Gasteiger charge is -2.34. The summed E-state index contributed by atoms with van der Waals surface area (Å²) in [5.74, 6) is 0. The number of thiophene rings is 1. The zero-order valence-corrected chi connectivity index (χ0v) is 72.0. The van der Waals surface area contributed by atoms with Crippen molar-refractivity contribution >= 4 is 98.3 Å². The Balaban J connectivity index is 0.000000144. The van der Waals surface area contributed by atoms with Gasteiger partial charge in [-0.3, -0.25) is 0 Å². The lowest BCUT2D eigenvalue weighted by atomic mass is 9.67. The molecule has 0 saturated heterocycles. The number of nitrogens with zero attached hydrogens (tertiary/aromatic N) is 2. The van der Waals surface area contributed by atoms with Gasteiger partial charge in [0.1, 0.15) is 11.2 Å². The fraction of sp³-hybridized carbons (Fsp3) is 0.0159. The van der Waals surface area contributed by atoms with Crippen LogP contribution >= 0.6 is 11.3 Å². The number of benzene rings is 21. The molecule has 2 aromatic heterocycles. The maximum atomic E-state index is 6.83. The molecular weight excluding hydrogens is 1590 g/mol. The predicted octanol–water partition coefficient (Wildman–Crippen LogP) is 34.5. The highest BCUT2D eigenvalue weighted by molar-refractivity contribution is 7.25. The van der Waals surface area contributed by atoms with Crippen LogP contribution in [0.4, 0.5) is 34.1 Å². The van der Waals surface area contributed by atoms with E-state index in [0.29, 0.717) is 0 Å². The second-order valence-electron chi connectivity index (χ2n) is 34.1. The van der Waals surface area contributed by atoms with Crippen molar-refractivity contribution in [1.29, 1.82) is 0 Å². The Morgan fingerprint density at radius 1 is 0.185 bits per heavy atom. The van der Waals surface area contributed by atoms with Crippen molar-refractivity contribution < 1.29 is 4.42 Å². The summed E-state index contributed by atoms with van der Waals surface area (Å²) in [6.45, 7) is 0. The molecule has 23 aromatic rings. The van der Waals surface area contributed by atoms with Crippen LogP contribution in [0.25, 0.3) is 142 Å². The Hall–Kier alpha value is -16.5. The average molecular weight is 1670 g/mol. The van der Waals surface area contributed by atoms with Crippen LogP contribution in [0.1, 0.15) is 44.5 Å². The third-order valence-electron chi connectivity index (χ3n) is 26.8. The van der Waals surface area contributed by atoms with E-state index in [1.165, 1.54) is 153 Å². The molecule has 2 heterocycles. The number of hydrogen-bond acceptors (Lipinski definition) is 4. The maximum absolute atomic E-state index is 6.83. The molecule has 21 aromatic carbocycles. The van der Waals surface area contributed by atoms with Gasteiger partial charge < -0.3 is 14.2 Å². The van der Waals surface area contributed by atoms with Gasteiger partial charge in [-0.05, 0) is 260 Å². The third kappa shape index (κ3) is 13.3. The molecule has 1 unspecified atom stereocenters. The number of anilines is 6. The van der Waals surface area contributed by atoms with E-state index >= 15 is 0 Å². The molecule has 0 aliphatic heterocycles. The van der Waals surface area contributed by atoms with Crippen LogP contribution in [0.2, 0.25) is 0 Å². The molecular formula is C126H84N2OS. The van der Waals surface area contributed by atoms with Crippen LogP contribution in [0, 0.1) is 0 Å². The summed E-state index contributed by atoms with van der Waals surface area (Å²) in [6, 6.07) is 187. The smallest absolute Gasteiger partial charge is 0.137 e. The second kappa shape index (κ2) is 32.5. The minimum absolute atomic E-state index is 0.555. The number of fused-ring (bicyclic) bond motifs is 13. The van der Waals surface area contributed by atoms with Crippen molar-refractivity contribution in [3.63, 3.8) is 0 Å². The van der Waals surface area contributed by atoms with Crippen molar-refractivity contribution in [2.75, 3.05) is 9.80 Å². The van der Waals surface area contributed by atoms with Crippen molar-refractivity contribution in [1.82, 2.24) is 0 Å². The maximum Gasteiger partial charge on any atom is 0.137 e. The van der Waals surface area contributed by atoms with Gasteiger partial charge in [-0.2, -0.15) is 0 Å². The number of furan rings is 1. The van der Waals surface area contributed by atoms with Crippen molar-refractivity contribution in [3.05, 3.63) is 554 Å². The molecule has 0 N–H and O–H groups in total. The van der Waals surface area contributed by atoms with Gasteiger partial charge in [-0.15, -0.1) is 11.3 Å². The van der Waals surface area contributed by atoms with E-state index in [9.17, 15) is 0 Å². The Kier molecular flexibility index (Phi) is 19.3. The zero-order valence-electron chi connectivity index (χ0n) is 71.2. The molecule has 4 heteroatoms. The van der Waals surface area contributed by atoms with Gasteiger partial charge in [0.15, 0.2) is 0 Å². The molecule has 0 amide bonds. The van der Waals surface area contributed by atoms with Gasteiger partial charge in [0.05, 0.1) is 21.9 Å². The fourth-order valence-corrected chi connectivity index (χ4v) is 22.1. The molecule has 2 aliphatic rings. The van der Waals surface area contributed by atoms with Gasteiger partial charge in [-0.1, -0.05) is 394 Å². The first-order chi connectivity index (χ1) is 64.4. The zero-order chi connectivity index (χ0) is 86.1. The molecule has 0 spiro atoms. The lowest BCUT2D eigenvalue weighted by Crippen LogP contribution is -2.28. The molecule has 0 bridgehead atoms. The van der Waals surface area contributed by atoms with Crippen LogP contribution in [-0.2, 0) is 10.8 Å². The molecule has 130 heavy (non-hydrogen) atoms. The van der Waals surface area contributed by atoms with Crippen molar-refractivity contribution in [3.8, 4) is 89.0 Å². The summed E-state index contributed by atoms with van der Waals surface area (Å²) in [7, 11) is 0. The Bertz CT molecular complexity index is 8030. The van der Waals surface area contributed by atoms with E-state index in [0.717, 1.165) is 67.2 Å². The quantitative estimate of drug-likeness (QED) is 0.0961. The summed E-state index contributed by atoms with van der Waals surface area (Å²) in [4.78, 5) is 4.82. The summed E-state index contributed by atoms with van der Waals surface area (Å²) in [5.41, 5.74) is 36.6. The fourth-order valence-electron chi connectivity index (χ4n) is 20.9. The lowest BCUT2D eigenvalue weighted by molar-refractivity contribution is 0.668. The van der Waals surface area contributed by atoms with Gasteiger partial charge >= 0.3 is 0 Å². The number of para-hydroxylation sites is 1. The van der Waals surface area contributed by atoms with Crippen molar-refractivity contribution in [2.45, 2.75) is 10.8 Å². The highest BCUT2D eigenvalue weighted by atomic mass is 32.1. The second-order valence-corrected chi connectivity index (χ2v) is 35.2. The molecule has 0 fully saturated rings. The summed E-state index contributed by atoms with van der Waals surface area (Å²) < 4.78 is 9.37. The molecule has 3 nitrogen and oxygen atoms in total. The molecule has 2 aliphatic carbocycles. The number of rotatable bonds is 16. The SMILES string of the molecule is c1ccc(-c2ccc(C3(c4ccc5oc6cccc(N(c7ccccc7)c7cc(-c8ccccc8)cc(-c8ccccc8)c7)c6c5c4)c4ccccc4-c4ccccc43)cc2)cc1.c1ccc(-c2cccc(N(c3cccc(-c4ccccc4)c3)c3ccc4c(c3)sc3cc(C5(c6cccc(-c7ccccc7)c6)c6ccccc6-c6cc7ccccc7cc65)ccc34)c2)cc1. The highest BCUT2D eigenvalue weighted by Gasteiger charge is 2.48. The van der Waals surface area contributed by atoms with Gasteiger partial charge in [-0.25, -0.2) is 0 Å². The molecule has 25 rings (SSSR count). The standard InChI is InChI=1S/C65H43NS.C61H41NO/c1-4-17-44(18-5-1)47-25-14-28-52(37-47)65(61-32-13-12-31-57(61)60-40-50-23-10-11-24-51(50)41-62(60)65)53-33-35-58-59-36-34-56(43-64(59)67-63(58)42-53)66(54-29-15-26-48(38-54)45-19-6-2-7-20-45)55-30-16-27-49(39-55)46-21-8-3-9-22-46;1-5-18-42(19-6-1)45-32-34-48(35-33-45)61(55-28-15-13-26-52(55)53-27-14-16-29-56(53)61)49-36-37-58-54(41-49)60-57(30-17-31-59(60)63-58)62(50-24-11-4-12-25-50)51-39-46(43-20-7-2-8-21-43)38-47(40-51)44-22-9-3-10-23-44/h1-43H;1-41H. The van der Waals surface area contributed by atoms with Gasteiger partial charge in [0.2, 0.25) is 0 Å². The first-order valence-corrected chi connectivity index (χ1v) is 45.5. The Labute approximate surface area is 760 Å². The van der Waals surface area contributed by atoms with Crippen LogP contribution < -0.4 is 9.80 Å². The van der Waals surface area contributed by atoms with E-state index < -0.39 is 10.8 Å². The summed E-state index contributed by atoms with van der Waals surface area (Å²) in [6.07, 6.45) is 0. The van der Waals surface area contributed by atoms with Crippen molar-refractivity contribution in [2.24, 2.45) is 0 Å². The predicted molar refractivity (Wildman–Crippen MR) is 547 cm³/mol. The topological polar surface area (TPSA) is 19.6 Å². The summed E-state index contributed by atoms with van der Waals surface area (Å²) in [5, 5.41) is 7.19. The highest BCUT2D eigenvalue weighted by Crippen LogP contribution is 2.61. The monoisotopic (exact) mass is 1670 g/mol. The van der Waals surface area contributed by atoms with Gasteiger partial charge in [0, 0.05) is 54.0 Å². The van der Waals surface area contributed by atoms with Crippen LogP contribution in [0.5, 0.6) is 0 Å². The van der Waals surface area contributed by atoms with E-state index in [4.69, 9.17) is 4.42 Å². The van der Waals surface area contributed by atoms with E-state index in [1.54, 1.807) is 0 Å². The first kappa shape index (κ1) is 77.1. The normalized spacial score (nSPS) is 13.3. The van der Waals surface area contributed by atoms with E-state index in [-0.39, 0.29) is 0 Å². The number of hydrogen-bond donors (Lipinski definition) is 0. The van der Waals surface area contributed by atoms with Gasteiger partial charge in [0.25, 0.3) is 0 Å². The molecule has 0 saturated carbocycles. The minimum Gasteiger partial charge on any atom is -0.456 e. The van der Waals surface area contributed by atoms with E-state index in [2.05, 4.69) is 519 Å². The van der Waals surface area contributed by atoms with Crippen LogP contribution in [0.15, 0.2) is 514 Å².